The highest BCUT2D eigenvalue weighted by molar-refractivity contribution is 5.78. The minimum absolute atomic E-state index is 0.00450. The lowest BCUT2D eigenvalue weighted by atomic mass is 9.33. The molecular formula is C58H94O26. The molecule has 5 aliphatic heterocycles. The van der Waals surface area contributed by atoms with E-state index >= 15 is 4.79 Å². The van der Waals surface area contributed by atoms with Crippen molar-refractivity contribution in [3.8, 4) is 0 Å². The van der Waals surface area contributed by atoms with Gasteiger partial charge in [-0.25, -0.2) is 0 Å². The third-order valence-electron chi connectivity index (χ3n) is 23.1. The number of rotatable bonds is 13. The first-order valence-electron chi connectivity index (χ1n) is 30.2. The van der Waals surface area contributed by atoms with E-state index in [0.29, 0.717) is 44.9 Å². The Bertz CT molecular complexity index is 2320. The second-order valence-corrected chi connectivity index (χ2v) is 27.5. The van der Waals surface area contributed by atoms with Crippen LogP contribution in [-0.2, 0) is 52.2 Å². The number of aliphatic hydroxyl groups is 15. The van der Waals surface area contributed by atoms with Crippen molar-refractivity contribution in [1.29, 1.82) is 0 Å². The molecule has 26 nitrogen and oxygen atoms in total. The minimum atomic E-state index is -1.90. The predicted molar refractivity (Wildman–Crippen MR) is 283 cm³/mol. The van der Waals surface area contributed by atoms with E-state index in [4.69, 9.17) is 47.4 Å². The third-order valence-corrected chi connectivity index (χ3v) is 23.1. The fraction of sp³-hybridized carbons (Fsp3) is 0.948. The van der Waals surface area contributed by atoms with Crippen LogP contribution < -0.4 is 0 Å². The maximum Gasteiger partial charge on any atom is 0.314 e. The van der Waals surface area contributed by atoms with Crippen LogP contribution in [-0.4, -0.2) is 262 Å². The van der Waals surface area contributed by atoms with Crippen molar-refractivity contribution in [1.82, 2.24) is 0 Å². The van der Waals surface area contributed by atoms with Crippen molar-refractivity contribution in [2.45, 2.75) is 272 Å². The van der Waals surface area contributed by atoms with Gasteiger partial charge < -0.3 is 124 Å². The molecule has 10 fully saturated rings. The molecule has 482 valence electrons. The highest BCUT2D eigenvalue weighted by atomic mass is 16.8. The fourth-order valence-corrected chi connectivity index (χ4v) is 18.0. The lowest BCUT2D eigenvalue weighted by Crippen LogP contribution is -2.69. The zero-order chi connectivity index (χ0) is 61.2. The Morgan fingerprint density at radius 1 is 0.548 bits per heavy atom. The zero-order valence-corrected chi connectivity index (χ0v) is 48.9. The molecule has 5 saturated heterocycles. The number of hydrogen-bond acceptors (Lipinski definition) is 26. The molecule has 0 amide bonds. The van der Waals surface area contributed by atoms with Crippen LogP contribution in [0, 0.1) is 51.2 Å². The third kappa shape index (κ3) is 10.7. The average molecular weight is 1210 g/mol. The van der Waals surface area contributed by atoms with E-state index in [1.165, 1.54) is 13.8 Å². The number of carbonyl (C=O) groups excluding carboxylic acids is 1. The lowest BCUT2D eigenvalue weighted by Gasteiger charge is -2.72. The maximum absolute atomic E-state index is 15.2. The number of carbonyl (C=O) groups is 1. The summed E-state index contributed by atoms with van der Waals surface area (Å²) in [7, 11) is 0. The first-order chi connectivity index (χ1) is 39.4. The maximum atomic E-state index is 15.2. The van der Waals surface area contributed by atoms with E-state index < -0.39 is 189 Å². The van der Waals surface area contributed by atoms with Crippen molar-refractivity contribution in [3.63, 3.8) is 0 Å². The molecule has 0 bridgehead atoms. The van der Waals surface area contributed by atoms with Crippen LogP contribution in [0.2, 0.25) is 0 Å². The van der Waals surface area contributed by atoms with Gasteiger partial charge in [-0.3, -0.25) is 4.79 Å². The van der Waals surface area contributed by atoms with Crippen LogP contribution in [0.15, 0.2) is 12.2 Å². The van der Waals surface area contributed by atoms with Crippen LogP contribution in [0.4, 0.5) is 0 Å². The molecule has 0 aromatic rings. The van der Waals surface area contributed by atoms with Gasteiger partial charge in [0.2, 0.25) is 6.29 Å². The predicted octanol–water partition coefficient (Wildman–Crippen LogP) is -2.94. The van der Waals surface area contributed by atoms with Gasteiger partial charge in [0.05, 0.1) is 49.1 Å². The largest absolute Gasteiger partial charge is 0.432 e. The number of ether oxygens (including phenoxy) is 10. The summed E-state index contributed by atoms with van der Waals surface area (Å²) in [6.07, 6.45) is -32.4. The zero-order valence-electron chi connectivity index (χ0n) is 48.9. The van der Waals surface area contributed by atoms with Crippen LogP contribution >= 0.6 is 0 Å². The lowest BCUT2D eigenvalue weighted by molar-refractivity contribution is -0.368. The summed E-state index contributed by atoms with van der Waals surface area (Å²) in [5, 5.41) is 163. The second-order valence-electron chi connectivity index (χ2n) is 27.5. The van der Waals surface area contributed by atoms with Crippen molar-refractivity contribution >= 4 is 5.97 Å². The number of esters is 1. The number of fused-ring (bicyclic) bond motifs is 7. The van der Waals surface area contributed by atoms with Gasteiger partial charge in [-0.15, -0.1) is 0 Å². The number of hydrogen-bond donors (Lipinski definition) is 15. The molecule has 35 unspecified atom stereocenters. The number of allylic oxidation sites excluding steroid dienone is 1. The molecule has 5 heterocycles. The van der Waals surface area contributed by atoms with Gasteiger partial charge in [0, 0.05) is 0 Å². The molecule has 26 heteroatoms. The molecule has 5 saturated carbocycles. The van der Waals surface area contributed by atoms with E-state index in [2.05, 4.69) is 27.4 Å². The van der Waals surface area contributed by atoms with Gasteiger partial charge in [0.1, 0.15) is 104 Å². The Balaban J connectivity index is 0.812. The molecule has 10 aliphatic rings. The summed E-state index contributed by atoms with van der Waals surface area (Å²) in [6.45, 7) is 16.3. The molecule has 0 radical (unpaired) electrons. The highest BCUT2D eigenvalue weighted by Gasteiger charge is 2.73. The van der Waals surface area contributed by atoms with Crippen LogP contribution in [0.1, 0.15) is 113 Å². The van der Waals surface area contributed by atoms with Crippen molar-refractivity contribution in [2.24, 2.45) is 51.2 Å². The smallest absolute Gasteiger partial charge is 0.314 e. The quantitative estimate of drug-likeness (QED) is 0.0498. The van der Waals surface area contributed by atoms with Crippen molar-refractivity contribution < 1.29 is 129 Å². The Labute approximate surface area is 488 Å². The molecular weight excluding hydrogens is 1110 g/mol. The molecule has 15 N–H and O–H groups in total. The Kier molecular flexibility index (Phi) is 18.7. The summed E-state index contributed by atoms with van der Waals surface area (Å²) < 4.78 is 59.1. The Hall–Kier alpha value is -1.75. The summed E-state index contributed by atoms with van der Waals surface area (Å²) in [5.41, 5.74) is -2.54. The Morgan fingerprint density at radius 2 is 1.13 bits per heavy atom. The van der Waals surface area contributed by atoms with E-state index in [-0.39, 0.29) is 47.0 Å². The first kappa shape index (κ1) is 65.2. The molecule has 10 rings (SSSR count). The number of aliphatic hydroxyl groups excluding tert-OH is 14. The van der Waals surface area contributed by atoms with E-state index in [1.807, 2.05) is 6.92 Å². The SMILES string of the molecule is C=C(C)C1CCC2(C(=O)OC3OC(COC4OC(CO)C(OC5OC(C)C(O)C(O)C5O)C(O)C4O)C(O)C(O)C3O)CCC3(C)C(CCC4C5(C)CCC(OC6OCC(O)C(O)C6OC6OC(C)C(O)C(O)C6O)C(C)(O)C5CCC43C)C12. The van der Waals surface area contributed by atoms with Crippen molar-refractivity contribution in [2.75, 3.05) is 19.8 Å². The summed E-state index contributed by atoms with van der Waals surface area (Å²) in [4.78, 5) is 15.2. The van der Waals surface area contributed by atoms with Gasteiger partial charge in [0.15, 0.2) is 25.2 Å². The monoisotopic (exact) mass is 1210 g/mol. The van der Waals surface area contributed by atoms with E-state index in [9.17, 15) is 76.6 Å². The summed E-state index contributed by atoms with van der Waals surface area (Å²) in [5.74, 6) is -1.05. The normalized spacial score (nSPS) is 56.8. The average Bonchev–Trinajstić information content (AvgIpc) is 1.04. The van der Waals surface area contributed by atoms with Gasteiger partial charge in [-0.1, -0.05) is 32.9 Å². The molecule has 84 heavy (non-hydrogen) atoms. The molecule has 0 aromatic carbocycles. The molecule has 0 spiro atoms. The summed E-state index contributed by atoms with van der Waals surface area (Å²) >= 11 is 0. The summed E-state index contributed by atoms with van der Waals surface area (Å²) in [6, 6.07) is 0. The van der Waals surface area contributed by atoms with Crippen LogP contribution in [0.25, 0.3) is 0 Å². The molecule has 0 aromatic heterocycles. The van der Waals surface area contributed by atoms with Gasteiger partial charge in [-0.2, -0.15) is 0 Å². The standard InChI is InChI=1S/C58H94O26/c1-22(2)25-11-16-58(53(73)84-51-44(71)40(67)37(64)29(80-51)21-76-48-45(72)41(68)46(28(19-59)79-48)82-49-42(69)38(65)34(61)23(3)77-49)18-17-55(6)26(33(25)58)9-10-30-54(5)14-13-32(57(8,74)31(54)12-15-56(30,55)7)81-52-47(36(63)27(60)20-75-52)83-50-43(70)39(66)35(62)24(4)78-50/h23-52,59-72,74H,1,9-21H2,2-8H3. The second kappa shape index (κ2) is 24.1. The van der Waals surface area contributed by atoms with Gasteiger partial charge >= 0.3 is 5.97 Å². The molecule has 35 atom stereocenters. The van der Waals surface area contributed by atoms with Crippen LogP contribution in [0.3, 0.4) is 0 Å². The van der Waals surface area contributed by atoms with Crippen LogP contribution in [0.5, 0.6) is 0 Å². The van der Waals surface area contributed by atoms with Crippen molar-refractivity contribution in [3.05, 3.63) is 12.2 Å². The fourth-order valence-electron chi connectivity index (χ4n) is 18.0. The van der Waals surface area contributed by atoms with Gasteiger partial charge in [-0.05, 0) is 138 Å². The minimum Gasteiger partial charge on any atom is -0.432 e. The topological polar surface area (TPSA) is 413 Å². The molecule has 5 aliphatic carbocycles. The van der Waals surface area contributed by atoms with E-state index in [0.717, 1.165) is 24.8 Å². The highest BCUT2D eigenvalue weighted by Crippen LogP contribution is 2.77. The Morgan fingerprint density at radius 3 is 1.75 bits per heavy atom. The van der Waals surface area contributed by atoms with Gasteiger partial charge in [0.25, 0.3) is 0 Å². The first-order valence-corrected chi connectivity index (χ1v) is 30.2. The van der Waals surface area contributed by atoms with E-state index in [1.54, 1.807) is 6.92 Å².